The quantitative estimate of drug-likeness (QED) is 0.0525. The molecular formula is C60H86N10O10S2. The van der Waals surface area contributed by atoms with Crippen LogP contribution in [0.3, 0.4) is 0 Å². The zero-order valence-corrected chi connectivity index (χ0v) is 50.9. The summed E-state index contributed by atoms with van der Waals surface area (Å²) in [7, 11) is -5.25. The standard InChI is InChI=1S/C60H86N10O10S2/c1-41(61-9)55(73)65-53(59(3,4)5)57(75)69-31-17-23-47(69)39-67(33-29-43-19-13-11-14-20-43)51(71)37-63-81(77,78)49-27-25-46-36-50(28-26-45(46)35-49)82(79,80)64-38-52(72)68(34-30-44-21-15-12-16-22-44)40-48-24-18-32-70(48)58(76)54(60(6,7)8)66-56(74)42(2)62-10/h11-16,19-22,25-28,35-36,41-42,47-48,53-54,61-64H,17-18,23-24,29-34,37-40H2,1-10H3,(H,65,73)(H,66,74)/t41-,42-,47-,48?,53+,54+/m0/s1. The van der Waals surface area contributed by atoms with Gasteiger partial charge in [-0.3, -0.25) is 28.8 Å². The minimum atomic E-state index is -4.29. The monoisotopic (exact) mass is 1170 g/mol. The first kappa shape index (κ1) is 64.9. The second-order valence-corrected chi connectivity index (χ2v) is 27.3. The Bertz CT molecular complexity index is 2890. The number of nitrogens with one attached hydrogen (secondary N) is 6. The van der Waals surface area contributed by atoms with E-state index in [0.717, 1.165) is 11.1 Å². The number of hydrogen-bond acceptors (Lipinski definition) is 12. The first-order valence-corrected chi connectivity index (χ1v) is 31.3. The van der Waals surface area contributed by atoms with Crippen molar-refractivity contribution in [1.29, 1.82) is 0 Å². The fourth-order valence-corrected chi connectivity index (χ4v) is 12.3. The molecule has 1 unspecified atom stereocenters. The van der Waals surface area contributed by atoms with Crippen LogP contribution in [0, 0.1) is 10.8 Å². The lowest BCUT2D eigenvalue weighted by Crippen LogP contribution is -2.59. The lowest BCUT2D eigenvalue weighted by molar-refractivity contribution is -0.142. The molecule has 4 aromatic carbocycles. The molecular weight excluding hydrogens is 1080 g/mol. The molecule has 0 spiro atoms. The average molecular weight is 1170 g/mol. The lowest BCUT2D eigenvalue weighted by Gasteiger charge is -2.37. The summed E-state index contributed by atoms with van der Waals surface area (Å²) < 4.78 is 60.5. The first-order valence-electron chi connectivity index (χ1n) is 28.4. The van der Waals surface area contributed by atoms with Gasteiger partial charge in [-0.1, -0.05) is 114 Å². The smallest absolute Gasteiger partial charge is 0.246 e. The van der Waals surface area contributed by atoms with Gasteiger partial charge in [0, 0.05) is 51.4 Å². The van der Waals surface area contributed by atoms with Crippen LogP contribution < -0.4 is 30.7 Å². The van der Waals surface area contributed by atoms with Crippen molar-refractivity contribution in [2.24, 2.45) is 10.8 Å². The van der Waals surface area contributed by atoms with Gasteiger partial charge in [0.2, 0.25) is 55.5 Å². The highest BCUT2D eigenvalue weighted by molar-refractivity contribution is 7.89. The molecule has 22 heteroatoms. The Hall–Kier alpha value is -6.30. The van der Waals surface area contributed by atoms with Crippen LogP contribution in [0.5, 0.6) is 0 Å². The number of amides is 6. The SMILES string of the molecule is CN[C@@H](C)C(=O)N[C@H](C(=O)N1CCCC1CN(CCc1ccccc1)C(=O)CNS(=O)(=O)c1ccc2cc(S(=O)(=O)NCC(=O)N(CCc3ccccc3)C[C@@H]3CCCN3C(=O)[C@@H](NC(=O)[C@H](C)NC)C(C)(C)C)ccc2c1)C(C)(C)C. The highest BCUT2D eigenvalue weighted by atomic mass is 32.2. The highest BCUT2D eigenvalue weighted by Crippen LogP contribution is 2.29. The van der Waals surface area contributed by atoms with E-state index >= 15 is 0 Å². The summed E-state index contributed by atoms with van der Waals surface area (Å²) in [4.78, 5) is 89.2. The minimum absolute atomic E-state index is 0.146. The Morgan fingerprint density at radius 2 is 0.902 bits per heavy atom. The predicted octanol–water partition coefficient (Wildman–Crippen LogP) is 3.80. The molecule has 0 bridgehead atoms. The van der Waals surface area contributed by atoms with Crippen molar-refractivity contribution in [2.75, 3.05) is 66.5 Å². The van der Waals surface area contributed by atoms with E-state index in [1.165, 1.54) is 36.4 Å². The predicted molar refractivity (Wildman–Crippen MR) is 317 cm³/mol. The van der Waals surface area contributed by atoms with E-state index in [4.69, 9.17) is 0 Å². The number of hydrogen-bond donors (Lipinski definition) is 6. The van der Waals surface area contributed by atoms with Crippen LogP contribution in [0.15, 0.2) is 107 Å². The molecule has 2 saturated heterocycles. The largest absolute Gasteiger partial charge is 0.342 e. The molecule has 6 rings (SSSR count). The molecule has 6 amide bonds. The van der Waals surface area contributed by atoms with Crippen molar-refractivity contribution in [3.05, 3.63) is 108 Å². The molecule has 2 heterocycles. The first-order chi connectivity index (χ1) is 38.6. The van der Waals surface area contributed by atoms with Gasteiger partial charge in [0.05, 0.1) is 35.0 Å². The Labute approximate surface area is 485 Å². The van der Waals surface area contributed by atoms with Crippen LogP contribution in [-0.2, 0) is 61.7 Å². The van der Waals surface area contributed by atoms with Crippen LogP contribution in [0.25, 0.3) is 10.8 Å². The zero-order valence-electron chi connectivity index (χ0n) is 49.3. The number of carbonyl (C=O) groups is 6. The molecule has 448 valence electrons. The van der Waals surface area contributed by atoms with Crippen molar-refractivity contribution in [2.45, 2.75) is 140 Å². The maximum absolute atomic E-state index is 14.3. The molecule has 6 atom stereocenters. The average Bonchev–Trinajstić information content (AvgIpc) is 4.28. The fraction of sp³-hybridized carbons (Fsp3) is 0.533. The fourth-order valence-electron chi connectivity index (χ4n) is 10.3. The van der Waals surface area contributed by atoms with E-state index in [0.29, 0.717) is 62.4 Å². The summed E-state index contributed by atoms with van der Waals surface area (Å²) in [6.45, 7) is 15.3. The van der Waals surface area contributed by atoms with Crippen LogP contribution in [-0.4, -0.2) is 175 Å². The number of benzene rings is 4. The molecule has 4 aromatic rings. The van der Waals surface area contributed by atoms with Crippen molar-refractivity contribution in [3.8, 4) is 0 Å². The van der Waals surface area contributed by atoms with Crippen molar-refractivity contribution in [1.82, 2.24) is 50.3 Å². The van der Waals surface area contributed by atoms with Gasteiger partial charge in [-0.15, -0.1) is 0 Å². The van der Waals surface area contributed by atoms with Crippen molar-refractivity contribution >= 4 is 66.3 Å². The van der Waals surface area contributed by atoms with Gasteiger partial charge in [-0.05, 0) is 123 Å². The maximum Gasteiger partial charge on any atom is 0.246 e. The molecule has 0 saturated carbocycles. The zero-order chi connectivity index (χ0) is 60.2. The van der Waals surface area contributed by atoms with Crippen LogP contribution >= 0.6 is 0 Å². The Morgan fingerprint density at radius 3 is 1.23 bits per heavy atom. The van der Waals surface area contributed by atoms with Gasteiger partial charge in [0.15, 0.2) is 0 Å². The third kappa shape index (κ3) is 17.4. The van der Waals surface area contributed by atoms with Gasteiger partial charge in [-0.25, -0.2) is 26.3 Å². The van der Waals surface area contributed by atoms with E-state index < -0.39 is 79.9 Å². The van der Waals surface area contributed by atoms with Gasteiger partial charge in [0.25, 0.3) is 0 Å². The van der Waals surface area contributed by atoms with E-state index in [1.54, 1.807) is 47.5 Å². The summed E-state index contributed by atoms with van der Waals surface area (Å²) in [5, 5.41) is 12.5. The third-order valence-electron chi connectivity index (χ3n) is 15.6. The molecule has 82 heavy (non-hydrogen) atoms. The summed E-state index contributed by atoms with van der Waals surface area (Å²) >= 11 is 0. The number of nitrogens with zero attached hydrogens (tertiary/aromatic N) is 4. The molecule has 0 radical (unpaired) electrons. The van der Waals surface area contributed by atoms with Crippen molar-refractivity contribution < 1.29 is 45.6 Å². The van der Waals surface area contributed by atoms with Gasteiger partial charge >= 0.3 is 0 Å². The third-order valence-corrected chi connectivity index (χ3v) is 18.4. The highest BCUT2D eigenvalue weighted by Gasteiger charge is 2.43. The summed E-state index contributed by atoms with van der Waals surface area (Å²) in [6.07, 6.45) is 3.55. The Balaban J connectivity index is 1.13. The normalized spacial score (nSPS) is 17.4. The summed E-state index contributed by atoms with van der Waals surface area (Å²) in [5.74, 6) is -2.11. The van der Waals surface area contributed by atoms with Gasteiger partial charge in [0.1, 0.15) is 12.1 Å². The number of sulfonamides is 2. The molecule has 0 aliphatic carbocycles. The summed E-state index contributed by atoms with van der Waals surface area (Å²) in [5.41, 5.74) is 0.693. The van der Waals surface area contributed by atoms with Crippen molar-refractivity contribution in [3.63, 3.8) is 0 Å². The number of likely N-dealkylation sites (tertiary alicyclic amines) is 2. The summed E-state index contributed by atoms with van der Waals surface area (Å²) in [6, 6.07) is 24.0. The minimum Gasteiger partial charge on any atom is -0.342 e. The molecule has 2 aliphatic rings. The lowest BCUT2D eigenvalue weighted by atomic mass is 9.85. The molecule has 20 nitrogen and oxygen atoms in total. The van der Waals surface area contributed by atoms with E-state index in [9.17, 15) is 45.6 Å². The second kappa shape index (κ2) is 28.3. The number of carbonyl (C=O) groups excluding carboxylic acids is 6. The van der Waals surface area contributed by atoms with Gasteiger partial charge < -0.3 is 40.9 Å². The van der Waals surface area contributed by atoms with E-state index in [2.05, 4.69) is 30.7 Å². The Kier molecular flexibility index (Phi) is 22.4. The molecule has 2 aliphatic heterocycles. The molecule has 0 aromatic heterocycles. The Morgan fingerprint density at radius 1 is 0.549 bits per heavy atom. The number of fused-ring (bicyclic) bond motifs is 1. The number of rotatable bonds is 26. The maximum atomic E-state index is 14.3. The van der Waals surface area contributed by atoms with Crippen LogP contribution in [0.1, 0.15) is 92.2 Å². The van der Waals surface area contributed by atoms with E-state index in [1.807, 2.05) is 102 Å². The molecule has 2 fully saturated rings. The van der Waals surface area contributed by atoms with Gasteiger partial charge in [-0.2, -0.15) is 0 Å². The van der Waals surface area contributed by atoms with Crippen LogP contribution in [0.2, 0.25) is 0 Å². The van der Waals surface area contributed by atoms with E-state index in [-0.39, 0.29) is 71.7 Å². The second-order valence-electron chi connectivity index (χ2n) is 23.8. The number of likely N-dealkylation sites (N-methyl/N-ethyl adjacent to an activating group) is 2. The topological polar surface area (TPSA) is 256 Å². The molecule has 6 N–H and O–H groups in total. The van der Waals surface area contributed by atoms with Crippen LogP contribution in [0.4, 0.5) is 0 Å².